The Morgan fingerprint density at radius 1 is 1.44 bits per heavy atom. The molecule has 2 heterocycles. The van der Waals surface area contributed by atoms with Gasteiger partial charge in [0.25, 0.3) is 5.91 Å². The molecule has 1 aliphatic heterocycles. The number of nitrogens with one attached hydrogen (secondary N) is 1. The van der Waals surface area contributed by atoms with Gasteiger partial charge in [0.1, 0.15) is 0 Å². The molecule has 18 heavy (non-hydrogen) atoms. The van der Waals surface area contributed by atoms with Crippen molar-refractivity contribution in [3.8, 4) is 0 Å². The van der Waals surface area contributed by atoms with Crippen LogP contribution in [-0.4, -0.2) is 61.4 Å². The topological polar surface area (TPSA) is 52.7 Å². The van der Waals surface area contributed by atoms with E-state index < -0.39 is 0 Å². The summed E-state index contributed by atoms with van der Waals surface area (Å²) in [5, 5.41) is 5.06. The van der Waals surface area contributed by atoms with Crippen molar-refractivity contribution in [2.75, 3.05) is 39.8 Å². The van der Waals surface area contributed by atoms with Crippen LogP contribution in [0.2, 0.25) is 0 Å². The van der Waals surface area contributed by atoms with E-state index in [-0.39, 0.29) is 18.4 Å². The van der Waals surface area contributed by atoms with Crippen molar-refractivity contribution in [1.29, 1.82) is 0 Å². The first kappa shape index (κ1) is 13.0. The predicted octanol–water partition coefficient (Wildman–Crippen LogP) is 0.252. The first-order valence-electron chi connectivity index (χ1n) is 5.96. The number of piperazine rings is 1. The molecule has 1 saturated heterocycles. The molecule has 6 heteroatoms. The SMILES string of the molecule is CN(CC(=O)N1CCNCC1)C(=O)c1cccs1. The van der Waals surface area contributed by atoms with Crippen molar-refractivity contribution in [3.05, 3.63) is 22.4 Å². The van der Waals surface area contributed by atoms with Crippen molar-refractivity contribution >= 4 is 23.2 Å². The average Bonchev–Trinajstić information content (AvgIpc) is 2.92. The Labute approximate surface area is 110 Å². The number of rotatable bonds is 3. The van der Waals surface area contributed by atoms with Crippen LogP contribution in [0.15, 0.2) is 17.5 Å². The van der Waals surface area contributed by atoms with Gasteiger partial charge in [0, 0.05) is 33.2 Å². The smallest absolute Gasteiger partial charge is 0.264 e. The summed E-state index contributed by atoms with van der Waals surface area (Å²) in [5.74, 6) is -0.0719. The van der Waals surface area contributed by atoms with Gasteiger partial charge in [0.2, 0.25) is 5.91 Å². The summed E-state index contributed by atoms with van der Waals surface area (Å²) in [6.07, 6.45) is 0. The highest BCUT2D eigenvalue weighted by atomic mass is 32.1. The van der Waals surface area contributed by atoms with Gasteiger partial charge < -0.3 is 15.1 Å². The molecule has 5 nitrogen and oxygen atoms in total. The van der Waals surface area contributed by atoms with Crippen molar-refractivity contribution < 1.29 is 9.59 Å². The highest BCUT2D eigenvalue weighted by molar-refractivity contribution is 7.12. The zero-order valence-corrected chi connectivity index (χ0v) is 11.2. The molecule has 2 rings (SSSR count). The molecular formula is C12H17N3O2S. The van der Waals surface area contributed by atoms with Crippen LogP contribution in [0, 0.1) is 0 Å². The summed E-state index contributed by atoms with van der Waals surface area (Å²) in [7, 11) is 1.67. The normalized spacial score (nSPS) is 15.5. The molecule has 0 spiro atoms. The lowest BCUT2D eigenvalue weighted by molar-refractivity contribution is -0.132. The van der Waals surface area contributed by atoms with Crippen molar-refractivity contribution in [2.45, 2.75) is 0 Å². The van der Waals surface area contributed by atoms with E-state index in [1.54, 1.807) is 18.0 Å². The van der Waals surface area contributed by atoms with Gasteiger partial charge in [-0.15, -0.1) is 11.3 Å². The molecule has 0 unspecified atom stereocenters. The summed E-state index contributed by atoms with van der Waals surface area (Å²) >= 11 is 1.40. The van der Waals surface area contributed by atoms with Gasteiger partial charge in [-0.05, 0) is 11.4 Å². The number of carbonyl (C=O) groups excluding carboxylic acids is 2. The van der Waals surface area contributed by atoms with Crippen LogP contribution >= 0.6 is 11.3 Å². The zero-order chi connectivity index (χ0) is 13.0. The van der Waals surface area contributed by atoms with Crippen LogP contribution in [0.3, 0.4) is 0 Å². The fraction of sp³-hybridized carbons (Fsp3) is 0.500. The summed E-state index contributed by atoms with van der Waals surface area (Å²) in [5.41, 5.74) is 0. The number of carbonyl (C=O) groups is 2. The summed E-state index contributed by atoms with van der Waals surface area (Å²) in [4.78, 5) is 27.9. The maximum Gasteiger partial charge on any atom is 0.264 e. The molecule has 0 aromatic carbocycles. The largest absolute Gasteiger partial charge is 0.339 e. The molecule has 0 radical (unpaired) electrons. The maximum absolute atomic E-state index is 12.0. The Morgan fingerprint density at radius 2 is 2.17 bits per heavy atom. The molecule has 0 aliphatic carbocycles. The zero-order valence-electron chi connectivity index (χ0n) is 10.4. The Kier molecular flexibility index (Phi) is 4.33. The summed E-state index contributed by atoms with van der Waals surface area (Å²) < 4.78 is 0. The quantitative estimate of drug-likeness (QED) is 0.854. The molecule has 1 aliphatic rings. The molecule has 0 bridgehead atoms. The summed E-state index contributed by atoms with van der Waals surface area (Å²) in [6, 6.07) is 3.61. The predicted molar refractivity (Wildman–Crippen MR) is 70.7 cm³/mol. The van der Waals surface area contributed by atoms with Gasteiger partial charge in [-0.1, -0.05) is 6.07 Å². The third kappa shape index (κ3) is 3.08. The van der Waals surface area contributed by atoms with Gasteiger partial charge in [0.05, 0.1) is 11.4 Å². The monoisotopic (exact) mass is 267 g/mol. The third-order valence-corrected chi connectivity index (χ3v) is 3.78. The number of hydrogen-bond donors (Lipinski definition) is 1. The molecule has 1 aromatic heterocycles. The minimum Gasteiger partial charge on any atom is -0.339 e. The van der Waals surface area contributed by atoms with Crippen molar-refractivity contribution in [1.82, 2.24) is 15.1 Å². The first-order valence-corrected chi connectivity index (χ1v) is 6.84. The molecule has 1 aromatic rings. The number of nitrogens with zero attached hydrogens (tertiary/aromatic N) is 2. The lowest BCUT2D eigenvalue weighted by atomic mass is 10.3. The number of thiophene rings is 1. The second-order valence-electron chi connectivity index (χ2n) is 4.27. The molecule has 0 saturated carbocycles. The number of amides is 2. The van der Waals surface area contributed by atoms with Gasteiger partial charge >= 0.3 is 0 Å². The molecular weight excluding hydrogens is 250 g/mol. The van der Waals surface area contributed by atoms with Gasteiger partial charge in [-0.2, -0.15) is 0 Å². The molecule has 98 valence electrons. The van der Waals surface area contributed by atoms with Crippen LogP contribution in [-0.2, 0) is 4.79 Å². The van der Waals surface area contributed by atoms with E-state index in [4.69, 9.17) is 0 Å². The Balaban J connectivity index is 1.88. The van der Waals surface area contributed by atoms with E-state index in [2.05, 4.69) is 5.32 Å². The minimum atomic E-state index is -0.0894. The van der Waals surface area contributed by atoms with Gasteiger partial charge in [0.15, 0.2) is 0 Å². The van der Waals surface area contributed by atoms with Crippen LogP contribution in [0.25, 0.3) is 0 Å². The number of hydrogen-bond acceptors (Lipinski definition) is 4. The Morgan fingerprint density at radius 3 is 2.78 bits per heavy atom. The van der Waals surface area contributed by atoms with Gasteiger partial charge in [-0.25, -0.2) is 0 Å². The maximum atomic E-state index is 12.0. The van der Waals surface area contributed by atoms with Crippen LogP contribution < -0.4 is 5.32 Å². The standard InChI is InChI=1S/C12H17N3O2S/c1-14(12(17)10-3-2-8-18-10)9-11(16)15-6-4-13-5-7-15/h2-3,8,13H,4-7,9H2,1H3. The van der Waals surface area contributed by atoms with E-state index in [0.717, 1.165) is 26.2 Å². The lowest BCUT2D eigenvalue weighted by Crippen LogP contribution is -2.49. The van der Waals surface area contributed by atoms with E-state index >= 15 is 0 Å². The fourth-order valence-corrected chi connectivity index (χ4v) is 2.59. The third-order valence-electron chi connectivity index (χ3n) is 2.92. The van der Waals surface area contributed by atoms with Crippen LogP contribution in [0.1, 0.15) is 9.67 Å². The molecule has 2 amide bonds. The Hall–Kier alpha value is -1.40. The van der Waals surface area contributed by atoms with E-state index in [1.807, 2.05) is 11.4 Å². The highest BCUT2D eigenvalue weighted by Crippen LogP contribution is 2.11. The van der Waals surface area contributed by atoms with Crippen molar-refractivity contribution in [2.24, 2.45) is 0 Å². The molecule has 0 atom stereocenters. The average molecular weight is 267 g/mol. The van der Waals surface area contributed by atoms with Crippen LogP contribution in [0.5, 0.6) is 0 Å². The van der Waals surface area contributed by atoms with E-state index in [1.165, 1.54) is 16.2 Å². The highest BCUT2D eigenvalue weighted by Gasteiger charge is 2.20. The molecule has 1 fully saturated rings. The lowest BCUT2D eigenvalue weighted by Gasteiger charge is -2.29. The second-order valence-corrected chi connectivity index (χ2v) is 5.22. The van der Waals surface area contributed by atoms with E-state index in [0.29, 0.717) is 4.88 Å². The van der Waals surface area contributed by atoms with Crippen molar-refractivity contribution in [3.63, 3.8) is 0 Å². The van der Waals surface area contributed by atoms with Crippen LogP contribution in [0.4, 0.5) is 0 Å². The minimum absolute atomic E-state index is 0.0175. The second kappa shape index (κ2) is 5.97. The fourth-order valence-electron chi connectivity index (χ4n) is 1.88. The van der Waals surface area contributed by atoms with E-state index in [9.17, 15) is 9.59 Å². The van der Waals surface area contributed by atoms with Gasteiger partial charge in [-0.3, -0.25) is 9.59 Å². The molecule has 1 N–H and O–H groups in total. The first-order chi connectivity index (χ1) is 8.68. The Bertz CT molecular complexity index is 413. The number of likely N-dealkylation sites (N-methyl/N-ethyl adjacent to an activating group) is 1. The summed E-state index contributed by atoms with van der Waals surface area (Å²) in [6.45, 7) is 3.25.